The van der Waals surface area contributed by atoms with Crippen molar-refractivity contribution >= 4 is 28.9 Å². The summed E-state index contributed by atoms with van der Waals surface area (Å²) in [6.07, 6.45) is 0. The van der Waals surface area contributed by atoms with Gasteiger partial charge in [-0.3, -0.25) is 4.79 Å². The number of aryl methyl sites for hydroxylation is 1. The van der Waals surface area contributed by atoms with E-state index in [-0.39, 0.29) is 10.6 Å². The molecule has 0 aliphatic heterocycles. The van der Waals surface area contributed by atoms with E-state index in [1.807, 2.05) is 0 Å². The monoisotopic (exact) mass is 296 g/mol. The van der Waals surface area contributed by atoms with Gasteiger partial charge in [-0.25, -0.2) is 8.78 Å². The van der Waals surface area contributed by atoms with Crippen LogP contribution < -0.4 is 11.1 Å². The maximum Gasteiger partial charge on any atom is 0.258 e. The Morgan fingerprint density at radius 3 is 2.60 bits per heavy atom. The highest BCUT2D eigenvalue weighted by molar-refractivity contribution is 6.33. The molecule has 0 radical (unpaired) electrons. The van der Waals surface area contributed by atoms with E-state index in [2.05, 4.69) is 5.32 Å². The van der Waals surface area contributed by atoms with Gasteiger partial charge in [0.2, 0.25) is 0 Å². The topological polar surface area (TPSA) is 55.1 Å². The van der Waals surface area contributed by atoms with Crippen molar-refractivity contribution in [3.63, 3.8) is 0 Å². The number of hydrogen-bond acceptors (Lipinski definition) is 2. The number of amides is 1. The molecule has 2 aromatic rings. The second-order valence-corrected chi connectivity index (χ2v) is 4.67. The van der Waals surface area contributed by atoms with Gasteiger partial charge in [-0.15, -0.1) is 0 Å². The molecule has 104 valence electrons. The number of halogens is 3. The van der Waals surface area contributed by atoms with Crippen molar-refractivity contribution < 1.29 is 13.6 Å². The zero-order valence-electron chi connectivity index (χ0n) is 10.5. The third kappa shape index (κ3) is 2.88. The fourth-order valence-corrected chi connectivity index (χ4v) is 1.87. The van der Waals surface area contributed by atoms with E-state index in [4.69, 9.17) is 17.3 Å². The third-order valence-corrected chi connectivity index (χ3v) is 3.09. The van der Waals surface area contributed by atoms with Gasteiger partial charge < -0.3 is 11.1 Å². The zero-order valence-corrected chi connectivity index (χ0v) is 11.3. The Hall–Kier alpha value is -2.14. The van der Waals surface area contributed by atoms with Gasteiger partial charge in [-0.2, -0.15) is 0 Å². The molecule has 2 rings (SSSR count). The average molecular weight is 297 g/mol. The van der Waals surface area contributed by atoms with Crippen LogP contribution >= 0.6 is 11.6 Å². The Morgan fingerprint density at radius 1 is 1.25 bits per heavy atom. The van der Waals surface area contributed by atoms with Crippen molar-refractivity contribution in [3.05, 3.63) is 58.1 Å². The van der Waals surface area contributed by atoms with E-state index in [9.17, 15) is 13.6 Å². The van der Waals surface area contributed by atoms with Crippen LogP contribution in [0.5, 0.6) is 0 Å². The first kappa shape index (κ1) is 14.3. The van der Waals surface area contributed by atoms with Crippen LogP contribution in [0.1, 0.15) is 15.9 Å². The molecule has 0 saturated heterocycles. The summed E-state index contributed by atoms with van der Waals surface area (Å²) in [5.41, 5.74) is 6.86. The predicted octanol–water partition coefficient (Wildman–Crippen LogP) is 3.76. The van der Waals surface area contributed by atoms with Crippen molar-refractivity contribution in [2.24, 2.45) is 0 Å². The number of rotatable bonds is 2. The molecule has 0 aliphatic carbocycles. The van der Waals surface area contributed by atoms with Crippen LogP contribution in [0.15, 0.2) is 30.3 Å². The van der Waals surface area contributed by atoms with Crippen molar-refractivity contribution in [2.45, 2.75) is 6.92 Å². The van der Waals surface area contributed by atoms with Gasteiger partial charge in [0.1, 0.15) is 11.6 Å². The summed E-state index contributed by atoms with van der Waals surface area (Å²) in [6.45, 7) is 1.73. The standard InChI is InChI=1S/C14H11ClF2N2O/c1-7-4-12(18)10(15)6-13(7)19-14(20)9-3-2-8(16)5-11(9)17/h2-6H,18H2,1H3,(H,19,20). The quantitative estimate of drug-likeness (QED) is 0.829. The van der Waals surface area contributed by atoms with Crippen molar-refractivity contribution in [2.75, 3.05) is 11.1 Å². The molecular weight excluding hydrogens is 286 g/mol. The highest BCUT2D eigenvalue weighted by Crippen LogP contribution is 2.27. The highest BCUT2D eigenvalue weighted by atomic mass is 35.5. The fourth-order valence-electron chi connectivity index (χ4n) is 1.70. The number of hydrogen-bond donors (Lipinski definition) is 2. The predicted molar refractivity (Wildman–Crippen MR) is 74.9 cm³/mol. The number of carbonyl (C=O) groups is 1. The molecule has 0 aromatic heterocycles. The molecule has 0 unspecified atom stereocenters. The van der Waals surface area contributed by atoms with E-state index < -0.39 is 17.5 Å². The molecule has 6 heteroatoms. The summed E-state index contributed by atoms with van der Waals surface area (Å²) >= 11 is 5.87. The maximum atomic E-state index is 13.5. The maximum absolute atomic E-state index is 13.5. The van der Waals surface area contributed by atoms with E-state index in [1.165, 1.54) is 6.07 Å². The molecule has 1 amide bonds. The summed E-state index contributed by atoms with van der Waals surface area (Å²) in [4.78, 5) is 11.9. The fraction of sp³-hybridized carbons (Fsp3) is 0.0714. The summed E-state index contributed by atoms with van der Waals surface area (Å²) in [5, 5.41) is 2.80. The minimum absolute atomic E-state index is 0.251. The first-order valence-corrected chi connectivity index (χ1v) is 6.08. The molecule has 0 aliphatic rings. The molecule has 0 atom stereocenters. The molecule has 0 saturated carbocycles. The van der Waals surface area contributed by atoms with Crippen molar-refractivity contribution in [1.29, 1.82) is 0 Å². The number of nitrogens with one attached hydrogen (secondary N) is 1. The van der Waals surface area contributed by atoms with Crippen LogP contribution in [0, 0.1) is 18.6 Å². The van der Waals surface area contributed by atoms with Crippen LogP contribution in [0.4, 0.5) is 20.2 Å². The normalized spacial score (nSPS) is 10.4. The van der Waals surface area contributed by atoms with E-state index in [0.717, 1.165) is 12.1 Å². The SMILES string of the molecule is Cc1cc(N)c(Cl)cc1NC(=O)c1ccc(F)cc1F. The van der Waals surface area contributed by atoms with Crippen molar-refractivity contribution in [1.82, 2.24) is 0 Å². The van der Waals surface area contributed by atoms with Crippen LogP contribution in [-0.2, 0) is 0 Å². The highest BCUT2D eigenvalue weighted by Gasteiger charge is 2.14. The van der Waals surface area contributed by atoms with E-state index in [1.54, 1.807) is 13.0 Å². The second kappa shape index (κ2) is 5.46. The van der Waals surface area contributed by atoms with Crippen LogP contribution in [0.2, 0.25) is 5.02 Å². The molecule has 0 bridgehead atoms. The van der Waals surface area contributed by atoms with Gasteiger partial charge in [-0.05, 0) is 36.8 Å². The Labute approximate surface area is 119 Å². The molecule has 3 nitrogen and oxygen atoms in total. The summed E-state index contributed by atoms with van der Waals surface area (Å²) < 4.78 is 26.3. The number of anilines is 2. The largest absolute Gasteiger partial charge is 0.398 e. The molecule has 20 heavy (non-hydrogen) atoms. The molecule has 0 heterocycles. The van der Waals surface area contributed by atoms with Crippen LogP contribution in [0.3, 0.4) is 0 Å². The number of benzene rings is 2. The van der Waals surface area contributed by atoms with Crippen LogP contribution in [0.25, 0.3) is 0 Å². The Morgan fingerprint density at radius 2 is 1.95 bits per heavy atom. The number of nitrogen functional groups attached to an aromatic ring is 1. The van der Waals surface area contributed by atoms with Gasteiger partial charge in [-0.1, -0.05) is 11.6 Å². The first-order valence-electron chi connectivity index (χ1n) is 5.70. The number of nitrogens with two attached hydrogens (primary N) is 1. The van der Waals surface area contributed by atoms with Crippen molar-refractivity contribution in [3.8, 4) is 0 Å². The van der Waals surface area contributed by atoms with Gasteiger partial charge in [0, 0.05) is 11.8 Å². The summed E-state index contributed by atoms with van der Waals surface area (Å²) in [6, 6.07) is 5.82. The molecule has 0 fully saturated rings. The average Bonchev–Trinajstić information content (AvgIpc) is 2.35. The lowest BCUT2D eigenvalue weighted by Gasteiger charge is -2.11. The summed E-state index contributed by atoms with van der Waals surface area (Å²) in [7, 11) is 0. The van der Waals surface area contributed by atoms with Gasteiger partial charge >= 0.3 is 0 Å². The second-order valence-electron chi connectivity index (χ2n) is 4.27. The molecule has 0 spiro atoms. The lowest BCUT2D eigenvalue weighted by molar-refractivity contribution is 0.102. The molecular formula is C14H11ClF2N2O. The Kier molecular flexibility index (Phi) is 3.90. The minimum atomic E-state index is -0.929. The first-order chi connectivity index (χ1) is 9.38. The van der Waals surface area contributed by atoms with E-state index >= 15 is 0 Å². The minimum Gasteiger partial charge on any atom is -0.398 e. The molecule has 3 N–H and O–H groups in total. The Balaban J connectivity index is 2.30. The number of carbonyl (C=O) groups excluding carboxylic acids is 1. The van der Waals surface area contributed by atoms with Gasteiger partial charge in [0.15, 0.2) is 0 Å². The van der Waals surface area contributed by atoms with E-state index in [0.29, 0.717) is 23.0 Å². The lowest BCUT2D eigenvalue weighted by atomic mass is 10.1. The molecule has 2 aromatic carbocycles. The van der Waals surface area contributed by atoms with Gasteiger partial charge in [0.05, 0.1) is 16.3 Å². The smallest absolute Gasteiger partial charge is 0.258 e. The van der Waals surface area contributed by atoms with Gasteiger partial charge in [0.25, 0.3) is 5.91 Å². The van der Waals surface area contributed by atoms with Crippen LogP contribution in [-0.4, -0.2) is 5.91 Å². The lowest BCUT2D eigenvalue weighted by Crippen LogP contribution is -2.15. The third-order valence-electron chi connectivity index (χ3n) is 2.77. The zero-order chi connectivity index (χ0) is 14.9. The Bertz CT molecular complexity index is 689. The summed E-state index contributed by atoms with van der Waals surface area (Å²) in [5.74, 6) is -2.36.